The molecule has 0 aliphatic carbocycles. The minimum absolute atomic E-state index is 0.218. The molecular formula is C80H46N6O. The molecule has 18 rings (SSSR count). The number of fused-ring (bicyclic) bond motifs is 16. The fourth-order valence-corrected chi connectivity index (χ4v) is 14.3. The lowest BCUT2D eigenvalue weighted by Crippen LogP contribution is -2.15. The second kappa shape index (κ2) is 18.7. The fourth-order valence-electron chi connectivity index (χ4n) is 14.3. The standard InChI is InChI=1S/C80H46N6O/c1-82-75-64(48-81)76(86-68-35-19-14-31-60(68)74-72(86)44-40-59-58-30-15-20-36-73(58)87-80(59)74)78(84-66-33-17-12-28-56(66)62-46-53(38-42-70(62)84)50-23-7-3-8-24-50)79(85-67-34-18-13-29-57(67)63-47-54(39-43-71(63)85)51-25-9-4-10-26-51)77(75)83-65-32-16-11-27-55(65)61-45-52(37-41-69(61)83)49-21-5-2-6-22-49/h2-47H. The number of hydrogen-bond donors (Lipinski definition) is 0. The molecule has 0 saturated carbocycles. The summed E-state index contributed by atoms with van der Waals surface area (Å²) >= 11 is 0. The second-order valence-corrected chi connectivity index (χ2v) is 22.5. The van der Waals surface area contributed by atoms with Crippen molar-refractivity contribution in [3.8, 4) is 62.2 Å². The lowest BCUT2D eigenvalue weighted by molar-refractivity contribution is 0.673. The third kappa shape index (κ3) is 6.91. The Hall–Kier alpha value is -12.2. The molecule has 0 saturated heterocycles. The topological polar surface area (TPSA) is 61.0 Å². The van der Waals surface area contributed by atoms with Gasteiger partial charge in [0.2, 0.25) is 5.69 Å². The van der Waals surface area contributed by atoms with Gasteiger partial charge in [-0.1, -0.05) is 200 Å². The molecule has 0 fully saturated rings. The van der Waals surface area contributed by atoms with Crippen LogP contribution in [-0.2, 0) is 0 Å². The fraction of sp³-hybridized carbons (Fsp3) is 0. The first-order chi connectivity index (χ1) is 43.1. The van der Waals surface area contributed by atoms with Crippen molar-refractivity contribution in [3.63, 3.8) is 0 Å². The maximum atomic E-state index is 12.6. The van der Waals surface area contributed by atoms with E-state index in [0.29, 0.717) is 11.4 Å². The highest BCUT2D eigenvalue weighted by Crippen LogP contribution is 2.53. The van der Waals surface area contributed by atoms with Gasteiger partial charge >= 0.3 is 0 Å². The summed E-state index contributed by atoms with van der Waals surface area (Å²) in [6, 6.07) is 101. The Kier molecular flexibility index (Phi) is 10.4. The Morgan fingerprint density at radius 1 is 0.299 bits per heavy atom. The van der Waals surface area contributed by atoms with E-state index in [1.165, 1.54) is 0 Å². The highest BCUT2D eigenvalue weighted by atomic mass is 16.3. The van der Waals surface area contributed by atoms with E-state index in [1.54, 1.807) is 0 Å². The number of nitrogens with zero attached hydrogens (tertiary/aromatic N) is 6. The van der Waals surface area contributed by atoms with Crippen LogP contribution in [0.15, 0.2) is 283 Å². The summed E-state index contributed by atoms with van der Waals surface area (Å²) in [5.41, 5.74) is 18.4. The van der Waals surface area contributed by atoms with Crippen LogP contribution in [0.2, 0.25) is 0 Å². The van der Waals surface area contributed by atoms with Crippen LogP contribution in [0.3, 0.4) is 0 Å². The van der Waals surface area contributed by atoms with Gasteiger partial charge in [-0.15, -0.1) is 0 Å². The summed E-state index contributed by atoms with van der Waals surface area (Å²) in [6.07, 6.45) is 0. The third-order valence-corrected chi connectivity index (χ3v) is 18.0. The van der Waals surface area contributed by atoms with Gasteiger partial charge in [-0.3, -0.25) is 0 Å². The van der Waals surface area contributed by atoms with Crippen molar-refractivity contribution in [3.05, 3.63) is 296 Å². The van der Waals surface area contributed by atoms with Crippen LogP contribution in [0, 0.1) is 17.9 Å². The minimum Gasteiger partial charge on any atom is -0.455 e. The highest BCUT2D eigenvalue weighted by Gasteiger charge is 2.35. The molecule has 0 atom stereocenters. The second-order valence-electron chi connectivity index (χ2n) is 22.5. The Bertz CT molecular complexity index is 6020. The van der Waals surface area contributed by atoms with Gasteiger partial charge in [0.15, 0.2) is 0 Å². The average molecular weight is 1110 g/mol. The lowest BCUT2D eigenvalue weighted by Gasteiger charge is -2.28. The first kappa shape index (κ1) is 48.4. The maximum Gasteiger partial charge on any atom is 0.232 e. The Morgan fingerprint density at radius 2 is 0.655 bits per heavy atom. The van der Waals surface area contributed by atoms with Gasteiger partial charge in [0.25, 0.3) is 0 Å². The molecule has 87 heavy (non-hydrogen) atoms. The predicted molar refractivity (Wildman–Crippen MR) is 358 cm³/mol. The zero-order chi connectivity index (χ0) is 57.4. The quantitative estimate of drug-likeness (QED) is 0.149. The molecule has 7 nitrogen and oxygen atoms in total. The molecule has 7 heteroatoms. The van der Waals surface area contributed by atoms with Crippen LogP contribution in [0.25, 0.3) is 170 Å². The summed E-state index contributed by atoms with van der Waals surface area (Å²) in [5, 5.41) is 22.7. The molecule has 5 aromatic heterocycles. The smallest absolute Gasteiger partial charge is 0.232 e. The number of furan rings is 1. The number of aromatic nitrogens is 4. The minimum atomic E-state index is 0.218. The summed E-state index contributed by atoms with van der Waals surface area (Å²) in [4.78, 5) is 4.71. The van der Waals surface area contributed by atoms with Crippen molar-refractivity contribution in [1.82, 2.24) is 18.3 Å². The average Bonchev–Trinajstić information content (AvgIpc) is 1.62. The number of benzene rings is 13. The molecule has 13 aromatic carbocycles. The van der Waals surface area contributed by atoms with Gasteiger partial charge in [-0.25, -0.2) is 4.85 Å². The van der Waals surface area contributed by atoms with Crippen molar-refractivity contribution in [1.29, 1.82) is 5.26 Å². The van der Waals surface area contributed by atoms with E-state index in [2.05, 4.69) is 285 Å². The zero-order valence-corrected chi connectivity index (χ0v) is 46.6. The van der Waals surface area contributed by atoms with E-state index in [4.69, 9.17) is 9.26 Å². The van der Waals surface area contributed by atoms with E-state index >= 15 is 0 Å². The monoisotopic (exact) mass is 1110 g/mol. The Balaban J connectivity index is 1.11. The van der Waals surface area contributed by atoms with E-state index in [9.17, 15) is 11.8 Å². The lowest BCUT2D eigenvalue weighted by atomic mass is 10.0. The van der Waals surface area contributed by atoms with Crippen molar-refractivity contribution in [2.24, 2.45) is 0 Å². The summed E-state index contributed by atoms with van der Waals surface area (Å²) in [6.45, 7) is 9.82. The van der Waals surface area contributed by atoms with Crippen molar-refractivity contribution >= 4 is 115 Å². The van der Waals surface area contributed by atoms with E-state index in [-0.39, 0.29) is 11.3 Å². The van der Waals surface area contributed by atoms with Gasteiger partial charge < -0.3 is 22.7 Å². The number of rotatable bonds is 7. The molecular weight excluding hydrogens is 1060 g/mol. The van der Waals surface area contributed by atoms with Crippen LogP contribution < -0.4 is 0 Å². The van der Waals surface area contributed by atoms with Crippen molar-refractivity contribution in [2.45, 2.75) is 0 Å². The molecule has 0 aliphatic heterocycles. The summed E-state index contributed by atoms with van der Waals surface area (Å²) in [5.74, 6) is 0. The Morgan fingerprint density at radius 3 is 1.11 bits per heavy atom. The third-order valence-electron chi connectivity index (χ3n) is 18.0. The van der Waals surface area contributed by atoms with Gasteiger partial charge in [-0.05, 0) is 112 Å². The van der Waals surface area contributed by atoms with Crippen LogP contribution in [-0.4, -0.2) is 18.3 Å². The zero-order valence-electron chi connectivity index (χ0n) is 46.6. The molecule has 0 spiro atoms. The van der Waals surface area contributed by atoms with Gasteiger partial charge in [0, 0.05) is 48.5 Å². The summed E-state index contributed by atoms with van der Waals surface area (Å²) < 4.78 is 16.3. The molecule has 402 valence electrons. The molecule has 18 aromatic rings. The van der Waals surface area contributed by atoms with E-state index < -0.39 is 0 Å². The molecule has 5 heterocycles. The van der Waals surface area contributed by atoms with E-state index in [0.717, 1.165) is 154 Å². The van der Waals surface area contributed by atoms with Crippen molar-refractivity contribution in [2.75, 3.05) is 0 Å². The highest BCUT2D eigenvalue weighted by molar-refractivity contribution is 6.25. The van der Waals surface area contributed by atoms with E-state index in [1.807, 2.05) is 18.2 Å². The Labute approximate surface area is 498 Å². The van der Waals surface area contributed by atoms with Crippen LogP contribution >= 0.6 is 0 Å². The number of nitriles is 1. The van der Waals surface area contributed by atoms with Gasteiger partial charge in [0.1, 0.15) is 11.2 Å². The van der Waals surface area contributed by atoms with Crippen LogP contribution in [0.1, 0.15) is 5.56 Å². The van der Waals surface area contributed by atoms with Crippen molar-refractivity contribution < 1.29 is 4.42 Å². The first-order valence-electron chi connectivity index (χ1n) is 29.3. The predicted octanol–water partition coefficient (Wildman–Crippen LogP) is 21.4. The largest absolute Gasteiger partial charge is 0.455 e. The maximum absolute atomic E-state index is 12.6. The molecule has 0 bridgehead atoms. The molecule has 0 amide bonds. The molecule has 0 radical (unpaired) electrons. The molecule has 0 aliphatic rings. The van der Waals surface area contributed by atoms with Gasteiger partial charge in [-0.2, -0.15) is 5.26 Å². The molecule has 0 unspecified atom stereocenters. The SMILES string of the molecule is [C-]#[N+]c1c(C#N)c(-n2c3ccccc3c3c4oc5ccccc5c4ccc32)c(-n2c3ccccc3c3cc(-c4ccccc4)ccc32)c(-n2c3ccccc3c3cc(-c4ccccc4)ccc32)c1-n1c2ccccc2c2cc(-c3ccccc3)ccc21. The normalized spacial score (nSPS) is 11.9. The van der Waals surface area contributed by atoms with Crippen LogP contribution in [0.5, 0.6) is 0 Å². The number of hydrogen-bond acceptors (Lipinski definition) is 2. The van der Waals surface area contributed by atoms with Crippen LogP contribution in [0.4, 0.5) is 5.69 Å². The number of para-hydroxylation sites is 5. The first-order valence-corrected chi connectivity index (χ1v) is 29.3. The van der Waals surface area contributed by atoms with Gasteiger partial charge in [0.05, 0.1) is 90.5 Å². The molecule has 0 N–H and O–H groups in total. The summed E-state index contributed by atoms with van der Waals surface area (Å²) in [7, 11) is 0.